The summed E-state index contributed by atoms with van der Waals surface area (Å²) in [6.07, 6.45) is 2.55. The number of hydrogen-bond donors (Lipinski definition) is 2. The summed E-state index contributed by atoms with van der Waals surface area (Å²) in [4.78, 5) is 13.4. The molecule has 7 heteroatoms. The molecule has 5 nitrogen and oxygen atoms in total. The van der Waals surface area contributed by atoms with E-state index in [1.807, 2.05) is 6.92 Å². The van der Waals surface area contributed by atoms with Crippen molar-refractivity contribution in [3.05, 3.63) is 23.8 Å². The highest BCUT2D eigenvalue weighted by atomic mass is 19.1. The number of amides is 2. The number of urea groups is 1. The van der Waals surface area contributed by atoms with Crippen molar-refractivity contribution >= 4 is 17.4 Å². The van der Waals surface area contributed by atoms with Gasteiger partial charge in [0, 0.05) is 38.5 Å². The van der Waals surface area contributed by atoms with Gasteiger partial charge in [-0.05, 0) is 38.3 Å². The second-order valence-corrected chi connectivity index (χ2v) is 5.41. The maximum absolute atomic E-state index is 14.1. The van der Waals surface area contributed by atoms with E-state index in [-0.39, 0.29) is 11.4 Å². The van der Waals surface area contributed by atoms with E-state index in [1.54, 1.807) is 4.90 Å². The lowest BCUT2D eigenvalue weighted by Gasteiger charge is -2.20. The van der Waals surface area contributed by atoms with Crippen LogP contribution in [-0.4, -0.2) is 38.9 Å². The first-order chi connectivity index (χ1) is 11.1. The van der Waals surface area contributed by atoms with E-state index in [4.69, 9.17) is 4.74 Å². The minimum Gasteiger partial charge on any atom is -0.382 e. The lowest BCUT2D eigenvalue weighted by molar-refractivity contribution is 0.145. The summed E-state index contributed by atoms with van der Waals surface area (Å²) in [5.41, 5.74) is 0.0930. The molecule has 0 unspecified atom stereocenters. The Morgan fingerprint density at radius 2 is 1.91 bits per heavy atom. The lowest BCUT2D eigenvalue weighted by Crippen LogP contribution is -2.30. The van der Waals surface area contributed by atoms with Crippen molar-refractivity contribution in [2.45, 2.75) is 26.2 Å². The average Bonchev–Trinajstić information content (AvgIpc) is 3.00. The third-order valence-corrected chi connectivity index (χ3v) is 3.65. The van der Waals surface area contributed by atoms with Crippen molar-refractivity contribution in [3.8, 4) is 0 Å². The monoisotopic (exact) mass is 327 g/mol. The van der Waals surface area contributed by atoms with Crippen molar-refractivity contribution in [1.82, 2.24) is 5.32 Å². The Hall–Kier alpha value is -1.89. The first-order valence-electron chi connectivity index (χ1n) is 7.98. The number of nitrogens with zero attached hydrogens (tertiary/aromatic N) is 1. The molecule has 2 rings (SSSR count). The van der Waals surface area contributed by atoms with Crippen molar-refractivity contribution < 1.29 is 18.3 Å². The molecule has 23 heavy (non-hydrogen) atoms. The van der Waals surface area contributed by atoms with Crippen LogP contribution < -0.4 is 15.5 Å². The normalized spacial score (nSPS) is 14.1. The first kappa shape index (κ1) is 17.5. The molecule has 1 aromatic carbocycles. The summed E-state index contributed by atoms with van der Waals surface area (Å²) < 4.78 is 33.4. The minimum absolute atomic E-state index is 0.00910. The maximum Gasteiger partial charge on any atom is 0.319 e. The highest BCUT2D eigenvalue weighted by molar-refractivity contribution is 5.89. The Bertz CT molecular complexity index is 511. The smallest absolute Gasteiger partial charge is 0.319 e. The lowest BCUT2D eigenvalue weighted by atomic mass is 10.2. The van der Waals surface area contributed by atoms with E-state index >= 15 is 0 Å². The van der Waals surface area contributed by atoms with Crippen molar-refractivity contribution in [2.75, 3.05) is 43.1 Å². The van der Waals surface area contributed by atoms with Crippen LogP contribution in [0.4, 0.5) is 25.0 Å². The number of hydrogen-bond acceptors (Lipinski definition) is 3. The van der Waals surface area contributed by atoms with Gasteiger partial charge in [-0.1, -0.05) is 0 Å². The number of rotatable bonds is 7. The highest BCUT2D eigenvalue weighted by Crippen LogP contribution is 2.29. The molecule has 2 amide bonds. The number of benzene rings is 1. The molecule has 1 aliphatic heterocycles. The fourth-order valence-electron chi connectivity index (χ4n) is 2.58. The zero-order chi connectivity index (χ0) is 16.7. The van der Waals surface area contributed by atoms with Gasteiger partial charge in [0.1, 0.15) is 5.69 Å². The molecule has 0 atom stereocenters. The molecule has 2 N–H and O–H groups in total. The number of nitrogens with one attached hydrogen (secondary N) is 2. The van der Waals surface area contributed by atoms with Gasteiger partial charge in [0.15, 0.2) is 11.6 Å². The van der Waals surface area contributed by atoms with Gasteiger partial charge in [-0.2, -0.15) is 0 Å². The average molecular weight is 327 g/mol. The van der Waals surface area contributed by atoms with Crippen LogP contribution in [0.15, 0.2) is 12.1 Å². The quantitative estimate of drug-likeness (QED) is 0.757. The van der Waals surface area contributed by atoms with Crippen LogP contribution in [0.25, 0.3) is 0 Å². The zero-order valence-electron chi connectivity index (χ0n) is 13.3. The Labute approximate surface area is 135 Å². The Balaban J connectivity index is 1.89. The molecule has 1 aliphatic rings. The van der Waals surface area contributed by atoms with Gasteiger partial charge in [0.05, 0.1) is 0 Å². The highest BCUT2D eigenvalue weighted by Gasteiger charge is 2.21. The molecule has 0 bridgehead atoms. The minimum atomic E-state index is -0.654. The predicted molar refractivity (Wildman–Crippen MR) is 85.9 cm³/mol. The summed E-state index contributed by atoms with van der Waals surface area (Å²) in [6, 6.07) is 1.81. The molecular formula is C16H23F2N3O2. The number of carbonyl (C=O) groups excluding carboxylic acids is 1. The van der Waals surface area contributed by atoms with Crippen LogP contribution in [0.5, 0.6) is 0 Å². The molecule has 0 aliphatic carbocycles. The SMILES string of the molecule is CCOCCCNC(=O)Nc1cc(F)c(N2CCCC2)c(F)c1. The van der Waals surface area contributed by atoms with Crippen molar-refractivity contribution in [1.29, 1.82) is 0 Å². The van der Waals surface area contributed by atoms with E-state index in [0.29, 0.717) is 39.3 Å². The molecule has 0 saturated carbocycles. The van der Waals surface area contributed by atoms with E-state index < -0.39 is 17.7 Å². The van der Waals surface area contributed by atoms with Crippen LogP contribution in [0, 0.1) is 11.6 Å². The van der Waals surface area contributed by atoms with Gasteiger partial charge in [-0.25, -0.2) is 13.6 Å². The van der Waals surface area contributed by atoms with Gasteiger partial charge in [-0.3, -0.25) is 0 Å². The molecule has 1 fully saturated rings. The largest absolute Gasteiger partial charge is 0.382 e. The van der Waals surface area contributed by atoms with E-state index in [2.05, 4.69) is 10.6 Å². The van der Waals surface area contributed by atoms with Crippen molar-refractivity contribution in [2.24, 2.45) is 0 Å². The predicted octanol–water partition coefficient (Wildman–Crippen LogP) is 3.11. The molecule has 0 spiro atoms. The standard InChI is InChI=1S/C16H23F2N3O2/c1-2-23-9-5-6-19-16(22)20-12-10-13(17)15(14(18)11-12)21-7-3-4-8-21/h10-11H,2-9H2,1H3,(H2,19,20,22). The van der Waals surface area contributed by atoms with E-state index in [9.17, 15) is 13.6 Å². The van der Waals surface area contributed by atoms with Gasteiger partial charge >= 0.3 is 6.03 Å². The van der Waals surface area contributed by atoms with E-state index in [0.717, 1.165) is 25.0 Å². The molecule has 1 aromatic rings. The summed E-state index contributed by atoms with van der Waals surface area (Å²) in [7, 11) is 0. The molecule has 1 saturated heterocycles. The molecule has 1 heterocycles. The Kier molecular flexibility index (Phi) is 6.58. The fraction of sp³-hybridized carbons (Fsp3) is 0.562. The summed E-state index contributed by atoms with van der Waals surface area (Å²) >= 11 is 0. The number of ether oxygens (including phenoxy) is 1. The summed E-state index contributed by atoms with van der Waals surface area (Å²) in [5, 5.41) is 5.06. The Morgan fingerprint density at radius 3 is 2.52 bits per heavy atom. The number of carbonyl (C=O) groups is 1. The third kappa shape index (κ3) is 5.06. The fourth-order valence-corrected chi connectivity index (χ4v) is 2.58. The Morgan fingerprint density at radius 1 is 1.26 bits per heavy atom. The van der Waals surface area contributed by atoms with Crippen LogP contribution >= 0.6 is 0 Å². The maximum atomic E-state index is 14.1. The van der Waals surface area contributed by atoms with Crippen LogP contribution in [0.3, 0.4) is 0 Å². The third-order valence-electron chi connectivity index (χ3n) is 3.65. The van der Waals surface area contributed by atoms with Gasteiger partial charge in [-0.15, -0.1) is 0 Å². The zero-order valence-corrected chi connectivity index (χ0v) is 13.3. The van der Waals surface area contributed by atoms with Crippen molar-refractivity contribution in [3.63, 3.8) is 0 Å². The second kappa shape index (κ2) is 8.67. The second-order valence-electron chi connectivity index (χ2n) is 5.41. The van der Waals surface area contributed by atoms with E-state index in [1.165, 1.54) is 0 Å². The number of anilines is 2. The van der Waals surface area contributed by atoms with Gasteiger partial charge in [0.25, 0.3) is 0 Å². The first-order valence-corrected chi connectivity index (χ1v) is 7.98. The topological polar surface area (TPSA) is 53.6 Å². The van der Waals surface area contributed by atoms with Crippen LogP contribution in [-0.2, 0) is 4.74 Å². The molecular weight excluding hydrogens is 304 g/mol. The van der Waals surface area contributed by atoms with Crippen LogP contribution in [0.2, 0.25) is 0 Å². The molecule has 0 radical (unpaired) electrons. The summed E-state index contributed by atoms with van der Waals surface area (Å²) in [5.74, 6) is -1.31. The number of halogens is 2. The van der Waals surface area contributed by atoms with Crippen LogP contribution in [0.1, 0.15) is 26.2 Å². The molecule has 128 valence electrons. The van der Waals surface area contributed by atoms with Gasteiger partial charge < -0.3 is 20.3 Å². The molecule has 0 aromatic heterocycles. The summed E-state index contributed by atoms with van der Waals surface area (Å²) in [6.45, 7) is 4.83. The van der Waals surface area contributed by atoms with Gasteiger partial charge in [0.2, 0.25) is 0 Å².